The van der Waals surface area contributed by atoms with E-state index in [9.17, 15) is 0 Å². The Morgan fingerprint density at radius 3 is 2.56 bits per heavy atom. The minimum atomic E-state index is 0.354. The van der Waals surface area contributed by atoms with Crippen LogP contribution in [0.1, 0.15) is 43.5 Å². The molecule has 0 radical (unpaired) electrons. The molecule has 0 saturated heterocycles. The average molecular weight is 367 g/mol. The minimum absolute atomic E-state index is 0.354. The van der Waals surface area contributed by atoms with Gasteiger partial charge in [-0.15, -0.1) is 0 Å². The highest BCUT2D eigenvalue weighted by molar-refractivity contribution is 5.85. The lowest BCUT2D eigenvalue weighted by atomic mass is 10.0. The molecule has 0 bridgehead atoms. The third-order valence-electron chi connectivity index (χ3n) is 4.77. The zero-order valence-corrected chi connectivity index (χ0v) is 17.2. The van der Waals surface area contributed by atoms with Gasteiger partial charge in [0.05, 0.1) is 35.5 Å². The fourth-order valence-electron chi connectivity index (χ4n) is 3.32. The largest absolute Gasteiger partial charge is 0.477 e. The molecule has 0 aliphatic rings. The fraction of sp³-hybridized carbons (Fsp3) is 0.455. The predicted molar refractivity (Wildman–Crippen MR) is 110 cm³/mol. The lowest BCUT2D eigenvalue weighted by Crippen LogP contribution is -2.04. The lowest BCUT2D eigenvalue weighted by molar-refractivity contribution is 0.188. The van der Waals surface area contributed by atoms with Crippen molar-refractivity contribution in [3.8, 4) is 17.1 Å². The first-order valence-corrected chi connectivity index (χ1v) is 9.56. The van der Waals surface area contributed by atoms with E-state index in [1.54, 1.807) is 7.11 Å². The first-order valence-electron chi connectivity index (χ1n) is 9.56. The molecule has 3 aromatic rings. The van der Waals surface area contributed by atoms with Crippen LogP contribution in [0.5, 0.6) is 5.88 Å². The summed E-state index contributed by atoms with van der Waals surface area (Å²) in [6, 6.07) is 6.36. The molecular weight excluding hydrogens is 338 g/mol. The summed E-state index contributed by atoms with van der Waals surface area (Å²) in [7, 11) is 1.73. The van der Waals surface area contributed by atoms with Crippen molar-refractivity contribution >= 4 is 11.0 Å². The van der Waals surface area contributed by atoms with Gasteiger partial charge in [-0.3, -0.25) is 0 Å². The van der Waals surface area contributed by atoms with Gasteiger partial charge < -0.3 is 14.0 Å². The summed E-state index contributed by atoms with van der Waals surface area (Å²) < 4.78 is 13.3. The number of rotatable bonds is 7. The molecule has 0 spiro atoms. The quantitative estimate of drug-likeness (QED) is 0.597. The van der Waals surface area contributed by atoms with Gasteiger partial charge in [-0.25, -0.2) is 9.97 Å². The Hall–Kier alpha value is -2.40. The topological polar surface area (TPSA) is 49.2 Å². The van der Waals surface area contributed by atoms with E-state index in [4.69, 9.17) is 19.4 Å². The van der Waals surface area contributed by atoms with Gasteiger partial charge in [-0.2, -0.15) is 0 Å². The summed E-state index contributed by atoms with van der Waals surface area (Å²) >= 11 is 0. The zero-order chi connectivity index (χ0) is 19.6. The summed E-state index contributed by atoms with van der Waals surface area (Å²) in [5.41, 5.74) is 7.33. The fourth-order valence-corrected chi connectivity index (χ4v) is 3.32. The van der Waals surface area contributed by atoms with Crippen molar-refractivity contribution < 1.29 is 9.47 Å². The maximum absolute atomic E-state index is 5.87. The van der Waals surface area contributed by atoms with Crippen molar-refractivity contribution in [2.75, 3.05) is 20.3 Å². The van der Waals surface area contributed by atoms with E-state index in [-0.39, 0.29) is 0 Å². The van der Waals surface area contributed by atoms with Crippen LogP contribution in [-0.4, -0.2) is 34.9 Å². The number of ether oxygens (including phenoxy) is 2. The second-order valence-corrected chi connectivity index (χ2v) is 7.20. The van der Waals surface area contributed by atoms with E-state index >= 15 is 0 Å². The molecule has 3 aromatic heterocycles. The van der Waals surface area contributed by atoms with Crippen LogP contribution >= 0.6 is 0 Å². The molecule has 3 heterocycles. The first-order chi connectivity index (χ1) is 13.0. The van der Waals surface area contributed by atoms with Crippen LogP contribution in [0.15, 0.2) is 24.4 Å². The number of nitrogens with zero attached hydrogens (tertiary/aromatic N) is 3. The third kappa shape index (κ3) is 3.83. The SMILES string of the molecule is CCOc1nc(C(C)C)ccc1-c1nc2c(C)cn(CCOC)c2cc1C. The Morgan fingerprint density at radius 1 is 1.11 bits per heavy atom. The molecule has 5 nitrogen and oxygen atoms in total. The second kappa shape index (κ2) is 8.09. The van der Waals surface area contributed by atoms with Gasteiger partial charge in [0, 0.05) is 25.5 Å². The minimum Gasteiger partial charge on any atom is -0.477 e. The first kappa shape index (κ1) is 19.4. The highest BCUT2D eigenvalue weighted by atomic mass is 16.5. The Bertz CT molecular complexity index is 944. The van der Waals surface area contributed by atoms with Crippen molar-refractivity contribution in [3.05, 3.63) is 41.2 Å². The Kier molecular flexibility index (Phi) is 5.80. The Labute approximate surface area is 161 Å². The maximum Gasteiger partial charge on any atom is 0.223 e. The molecule has 0 N–H and O–H groups in total. The van der Waals surface area contributed by atoms with Crippen molar-refractivity contribution in [2.24, 2.45) is 0 Å². The van der Waals surface area contributed by atoms with Gasteiger partial charge in [-0.1, -0.05) is 13.8 Å². The number of fused-ring (bicyclic) bond motifs is 1. The molecule has 0 amide bonds. The number of aromatic nitrogens is 3. The van der Waals surface area contributed by atoms with E-state index in [1.165, 1.54) is 0 Å². The van der Waals surface area contributed by atoms with Crippen LogP contribution < -0.4 is 4.74 Å². The van der Waals surface area contributed by atoms with Gasteiger partial charge in [0.15, 0.2) is 0 Å². The van der Waals surface area contributed by atoms with E-state index in [2.05, 4.69) is 56.7 Å². The number of hydrogen-bond donors (Lipinski definition) is 0. The maximum atomic E-state index is 5.87. The lowest BCUT2D eigenvalue weighted by Gasteiger charge is -2.14. The average Bonchev–Trinajstić information content (AvgIpc) is 2.94. The molecule has 3 rings (SSSR count). The van der Waals surface area contributed by atoms with E-state index < -0.39 is 0 Å². The van der Waals surface area contributed by atoms with Gasteiger partial charge >= 0.3 is 0 Å². The number of methoxy groups -OCH3 is 1. The van der Waals surface area contributed by atoms with Crippen LogP contribution in [0.4, 0.5) is 0 Å². The molecule has 144 valence electrons. The Morgan fingerprint density at radius 2 is 1.89 bits per heavy atom. The molecule has 0 fully saturated rings. The summed E-state index contributed by atoms with van der Waals surface area (Å²) in [5, 5.41) is 0. The number of hydrogen-bond acceptors (Lipinski definition) is 4. The van der Waals surface area contributed by atoms with E-state index in [0.717, 1.165) is 45.7 Å². The van der Waals surface area contributed by atoms with Crippen molar-refractivity contribution in [1.29, 1.82) is 0 Å². The molecule has 0 aliphatic carbocycles. The van der Waals surface area contributed by atoms with Crippen molar-refractivity contribution in [3.63, 3.8) is 0 Å². The van der Waals surface area contributed by atoms with E-state index in [1.807, 2.05) is 6.92 Å². The monoisotopic (exact) mass is 367 g/mol. The summed E-state index contributed by atoms with van der Waals surface area (Å²) in [5.74, 6) is 1.02. The van der Waals surface area contributed by atoms with Crippen LogP contribution in [-0.2, 0) is 11.3 Å². The van der Waals surface area contributed by atoms with Crippen molar-refractivity contribution in [2.45, 2.75) is 47.1 Å². The Balaban J connectivity index is 2.14. The molecule has 0 unspecified atom stereocenters. The third-order valence-corrected chi connectivity index (χ3v) is 4.77. The highest BCUT2D eigenvalue weighted by Crippen LogP contribution is 2.33. The molecule has 0 atom stereocenters. The van der Waals surface area contributed by atoms with Gasteiger partial charge in [0.2, 0.25) is 5.88 Å². The molecule has 5 heteroatoms. The zero-order valence-electron chi connectivity index (χ0n) is 17.2. The van der Waals surface area contributed by atoms with Crippen LogP contribution in [0, 0.1) is 13.8 Å². The molecule has 27 heavy (non-hydrogen) atoms. The van der Waals surface area contributed by atoms with Crippen molar-refractivity contribution in [1.82, 2.24) is 14.5 Å². The molecular formula is C22H29N3O2. The van der Waals surface area contributed by atoms with Gasteiger partial charge in [-0.05, 0) is 56.0 Å². The standard InChI is InChI=1S/C22H29N3O2/c1-7-27-22-17(8-9-18(23-22)14(2)3)20-15(4)12-19-21(24-20)16(5)13-25(19)10-11-26-6/h8-9,12-14H,7,10-11H2,1-6H3. The van der Waals surface area contributed by atoms with Gasteiger partial charge in [0.1, 0.15) is 0 Å². The molecule has 0 aliphatic heterocycles. The van der Waals surface area contributed by atoms with Crippen LogP contribution in [0.2, 0.25) is 0 Å². The molecule has 0 saturated carbocycles. The molecule has 0 aromatic carbocycles. The normalized spacial score (nSPS) is 11.5. The highest BCUT2D eigenvalue weighted by Gasteiger charge is 2.17. The summed E-state index contributed by atoms with van der Waals surface area (Å²) in [4.78, 5) is 9.75. The summed E-state index contributed by atoms with van der Waals surface area (Å²) in [6.07, 6.45) is 2.14. The van der Waals surface area contributed by atoms with Crippen LogP contribution in [0.25, 0.3) is 22.3 Å². The smallest absolute Gasteiger partial charge is 0.223 e. The second-order valence-electron chi connectivity index (χ2n) is 7.20. The predicted octanol–water partition coefficient (Wildman–Crippen LogP) is 4.88. The number of pyridine rings is 2. The van der Waals surface area contributed by atoms with E-state index in [0.29, 0.717) is 25.0 Å². The summed E-state index contributed by atoms with van der Waals surface area (Å²) in [6.45, 7) is 12.5. The number of aryl methyl sites for hydroxylation is 2. The van der Waals surface area contributed by atoms with Gasteiger partial charge in [0.25, 0.3) is 0 Å². The van der Waals surface area contributed by atoms with Crippen LogP contribution in [0.3, 0.4) is 0 Å².